The normalized spacial score (nSPS) is 11.6. The third-order valence-corrected chi connectivity index (χ3v) is 5.16. The van der Waals surface area contributed by atoms with E-state index in [9.17, 15) is 19.2 Å². The Morgan fingerprint density at radius 3 is 2.34 bits per heavy atom. The monoisotopic (exact) mass is 435 g/mol. The predicted octanol–water partition coefficient (Wildman–Crippen LogP) is 2.83. The van der Waals surface area contributed by atoms with Crippen LogP contribution in [0.15, 0.2) is 64.2 Å². The zero-order valence-electron chi connectivity index (χ0n) is 18.2. The Morgan fingerprint density at radius 2 is 1.69 bits per heavy atom. The molecule has 0 aromatic heterocycles. The Balaban J connectivity index is 1.79. The van der Waals surface area contributed by atoms with Crippen molar-refractivity contribution in [2.45, 2.75) is 19.4 Å². The molecule has 0 saturated carbocycles. The molecule has 0 fully saturated rings. The van der Waals surface area contributed by atoms with Crippen molar-refractivity contribution in [3.8, 4) is 0 Å². The lowest BCUT2D eigenvalue weighted by molar-refractivity contribution is -0.141. The molecule has 0 aliphatic carbocycles. The number of carbonyl (C=O) groups is 2. The molecule has 166 valence electrons. The summed E-state index contributed by atoms with van der Waals surface area (Å²) in [6, 6.07) is 16.0. The van der Waals surface area contributed by atoms with Crippen LogP contribution in [0.2, 0.25) is 0 Å². The molecule has 0 bridgehead atoms. The molecule has 3 aromatic rings. The van der Waals surface area contributed by atoms with Gasteiger partial charge in [-0.1, -0.05) is 43.3 Å². The maximum Gasteiger partial charge on any atom is 0.325 e. The van der Waals surface area contributed by atoms with Crippen LogP contribution in [0.3, 0.4) is 0 Å². The van der Waals surface area contributed by atoms with E-state index in [1.54, 1.807) is 24.3 Å². The number of ether oxygens (including phenoxy) is 1. The Morgan fingerprint density at radius 1 is 1.00 bits per heavy atom. The van der Waals surface area contributed by atoms with Crippen LogP contribution in [-0.4, -0.2) is 37.5 Å². The lowest BCUT2D eigenvalue weighted by Crippen LogP contribution is -2.37. The van der Waals surface area contributed by atoms with E-state index in [0.29, 0.717) is 11.3 Å². The van der Waals surface area contributed by atoms with Gasteiger partial charge in [0.15, 0.2) is 0 Å². The van der Waals surface area contributed by atoms with Gasteiger partial charge in [-0.2, -0.15) is 0 Å². The van der Waals surface area contributed by atoms with Gasteiger partial charge in [0.25, 0.3) is 16.8 Å². The summed E-state index contributed by atoms with van der Waals surface area (Å²) < 4.78 is 4.58. The number of methoxy groups -OCH3 is 1. The minimum atomic E-state index is -0.616. The number of nitrogens with zero attached hydrogens (tertiary/aromatic N) is 1. The molecule has 0 saturated heterocycles. The molecule has 0 unspecified atom stereocenters. The van der Waals surface area contributed by atoms with Crippen molar-refractivity contribution in [3.63, 3.8) is 0 Å². The molecule has 32 heavy (non-hydrogen) atoms. The lowest BCUT2D eigenvalue weighted by atomic mass is 10.0. The van der Waals surface area contributed by atoms with E-state index in [2.05, 4.69) is 15.4 Å². The van der Waals surface area contributed by atoms with Gasteiger partial charge in [0.2, 0.25) is 0 Å². The number of likely N-dealkylation sites (N-methyl/N-ethyl adjacent to an activating group) is 1. The molecule has 1 amide bonds. The Labute approximate surface area is 185 Å². The smallest absolute Gasteiger partial charge is 0.325 e. The van der Waals surface area contributed by atoms with Crippen LogP contribution in [0.5, 0.6) is 0 Å². The Hall–Kier alpha value is -3.94. The van der Waals surface area contributed by atoms with Gasteiger partial charge in [-0.05, 0) is 30.2 Å². The maximum absolute atomic E-state index is 12.6. The molecule has 0 aliphatic heterocycles. The molecule has 1 atom stereocenters. The van der Waals surface area contributed by atoms with Gasteiger partial charge < -0.3 is 20.3 Å². The zero-order chi connectivity index (χ0) is 23.3. The third kappa shape index (κ3) is 4.85. The predicted molar refractivity (Wildman–Crippen MR) is 123 cm³/mol. The first kappa shape index (κ1) is 22.7. The van der Waals surface area contributed by atoms with Crippen molar-refractivity contribution in [2.24, 2.45) is 0 Å². The number of esters is 1. The van der Waals surface area contributed by atoms with E-state index in [0.717, 1.165) is 12.0 Å². The highest BCUT2D eigenvalue weighted by Crippen LogP contribution is 2.27. The van der Waals surface area contributed by atoms with Crippen LogP contribution < -0.4 is 21.5 Å². The van der Waals surface area contributed by atoms with Gasteiger partial charge in [0.05, 0.1) is 13.2 Å². The fraction of sp³-hybridized carbons (Fsp3) is 0.250. The van der Waals surface area contributed by atoms with Crippen LogP contribution in [-0.2, 0) is 9.53 Å². The Kier molecular flexibility index (Phi) is 7.04. The molecule has 2 N–H and O–H groups in total. The van der Waals surface area contributed by atoms with E-state index >= 15 is 0 Å². The number of hydrogen-bond acceptors (Lipinski definition) is 7. The summed E-state index contributed by atoms with van der Waals surface area (Å²) in [7, 11) is 2.74. The number of benzene rings is 2. The number of rotatable bonds is 9. The van der Waals surface area contributed by atoms with Crippen molar-refractivity contribution < 1.29 is 14.3 Å². The van der Waals surface area contributed by atoms with E-state index in [1.807, 2.05) is 37.3 Å². The summed E-state index contributed by atoms with van der Waals surface area (Å²) in [5, 5.41) is 6.13. The van der Waals surface area contributed by atoms with Crippen LogP contribution in [0, 0.1) is 0 Å². The summed E-state index contributed by atoms with van der Waals surface area (Å²) in [5.41, 5.74) is 1.01. The second-order valence-corrected chi connectivity index (χ2v) is 7.37. The first-order chi connectivity index (χ1) is 15.3. The third-order valence-electron chi connectivity index (χ3n) is 5.16. The fourth-order valence-electron chi connectivity index (χ4n) is 3.35. The number of hydrogen-bond donors (Lipinski definition) is 2. The molecular weight excluding hydrogens is 410 g/mol. The van der Waals surface area contributed by atoms with Gasteiger partial charge in [-0.3, -0.25) is 19.2 Å². The summed E-state index contributed by atoms with van der Waals surface area (Å²) in [5.74, 6) is -0.906. The van der Waals surface area contributed by atoms with Crippen LogP contribution in [0.25, 0.3) is 0 Å². The average Bonchev–Trinajstić information content (AvgIpc) is 2.83. The van der Waals surface area contributed by atoms with E-state index in [-0.39, 0.29) is 29.9 Å². The van der Waals surface area contributed by atoms with Crippen molar-refractivity contribution in [1.29, 1.82) is 0 Å². The highest BCUT2D eigenvalue weighted by molar-refractivity contribution is 5.97. The molecule has 0 heterocycles. The Bertz CT molecular complexity index is 1180. The quantitative estimate of drug-likeness (QED) is 0.393. The first-order valence-electron chi connectivity index (χ1n) is 10.2. The molecule has 3 rings (SSSR count). The molecule has 0 spiro atoms. The highest BCUT2D eigenvalue weighted by atomic mass is 16.5. The zero-order valence-corrected chi connectivity index (χ0v) is 18.2. The minimum Gasteiger partial charge on any atom is -0.468 e. The van der Waals surface area contributed by atoms with Crippen LogP contribution in [0.4, 0.5) is 17.1 Å². The maximum atomic E-state index is 12.6. The second kappa shape index (κ2) is 9.91. The molecule has 0 aliphatic rings. The molecular formula is C24H25N3O5. The van der Waals surface area contributed by atoms with Gasteiger partial charge in [-0.25, -0.2) is 0 Å². The van der Waals surface area contributed by atoms with Gasteiger partial charge in [-0.15, -0.1) is 0 Å². The summed E-state index contributed by atoms with van der Waals surface area (Å²) >= 11 is 0. The highest BCUT2D eigenvalue weighted by Gasteiger charge is 2.24. The standard InChI is InChI=1S/C24H25N3O5/c1-4-18(15-9-6-5-7-10-15)26-21-20(22(29)23(21)30)25-17-12-8-11-16(13-17)24(31)27(2)14-19(28)32-3/h5-13,18,25-26H,4,14H2,1-3H3/t18-/m1/s1. The summed E-state index contributed by atoms with van der Waals surface area (Å²) in [4.78, 5) is 49.7. The topological polar surface area (TPSA) is 105 Å². The lowest BCUT2D eigenvalue weighted by Gasteiger charge is -2.22. The summed E-state index contributed by atoms with van der Waals surface area (Å²) in [6.45, 7) is 1.81. The van der Waals surface area contributed by atoms with E-state index in [4.69, 9.17) is 0 Å². The van der Waals surface area contributed by atoms with Gasteiger partial charge in [0.1, 0.15) is 17.9 Å². The van der Waals surface area contributed by atoms with Crippen molar-refractivity contribution in [3.05, 3.63) is 86.2 Å². The largest absolute Gasteiger partial charge is 0.468 e. The SMILES string of the molecule is CC[C@@H](Nc1c(Nc2cccc(C(=O)N(C)CC(=O)OC)c2)c(=O)c1=O)c1ccccc1. The number of anilines is 3. The second-order valence-electron chi connectivity index (χ2n) is 7.37. The number of amides is 1. The van der Waals surface area contributed by atoms with E-state index < -0.39 is 16.8 Å². The first-order valence-corrected chi connectivity index (χ1v) is 10.2. The minimum absolute atomic E-state index is 0.125. The average molecular weight is 435 g/mol. The van der Waals surface area contributed by atoms with Gasteiger partial charge in [0, 0.05) is 18.3 Å². The van der Waals surface area contributed by atoms with Crippen molar-refractivity contribution in [2.75, 3.05) is 31.3 Å². The fourth-order valence-corrected chi connectivity index (χ4v) is 3.35. The summed E-state index contributed by atoms with van der Waals surface area (Å²) in [6.07, 6.45) is 0.721. The molecule has 8 nitrogen and oxygen atoms in total. The number of carbonyl (C=O) groups excluding carboxylic acids is 2. The molecule has 0 radical (unpaired) electrons. The number of nitrogens with one attached hydrogen (secondary N) is 2. The van der Waals surface area contributed by atoms with E-state index in [1.165, 1.54) is 19.1 Å². The van der Waals surface area contributed by atoms with Gasteiger partial charge >= 0.3 is 5.97 Å². The van der Waals surface area contributed by atoms with Crippen LogP contribution in [0.1, 0.15) is 35.3 Å². The molecule has 8 heteroatoms. The van der Waals surface area contributed by atoms with Crippen molar-refractivity contribution >= 4 is 28.9 Å². The van der Waals surface area contributed by atoms with Crippen LogP contribution >= 0.6 is 0 Å². The van der Waals surface area contributed by atoms with Crippen molar-refractivity contribution in [1.82, 2.24) is 4.90 Å². The molecule has 3 aromatic carbocycles.